The first-order valence-corrected chi connectivity index (χ1v) is 11.6. The Morgan fingerprint density at radius 2 is 1.24 bits per heavy atom. The number of rotatable bonds is 8. The number of sulfonamides is 1. The van der Waals surface area contributed by atoms with E-state index in [9.17, 15) is 18.0 Å². The molecule has 2 N–H and O–H groups in total. The van der Waals surface area contributed by atoms with Crippen molar-refractivity contribution in [1.29, 1.82) is 0 Å². The van der Waals surface area contributed by atoms with Gasteiger partial charge in [0.1, 0.15) is 16.4 Å². The molecule has 34 heavy (non-hydrogen) atoms. The molecule has 10 heteroatoms. The minimum Gasteiger partial charge on any atom is -0.497 e. The fourth-order valence-corrected chi connectivity index (χ4v) is 4.08. The van der Waals surface area contributed by atoms with Gasteiger partial charge in [0, 0.05) is 36.6 Å². The second-order valence-electron chi connectivity index (χ2n) is 7.37. The third-order valence-corrected chi connectivity index (χ3v) is 6.77. The van der Waals surface area contributed by atoms with E-state index in [4.69, 9.17) is 9.47 Å². The second-order valence-corrected chi connectivity index (χ2v) is 9.49. The number of carbonyl (C=O) groups excluding carboxylic acids is 2. The third-order valence-electron chi connectivity index (χ3n) is 4.94. The predicted octanol–water partition coefficient (Wildman–Crippen LogP) is 3.46. The topological polar surface area (TPSA) is 114 Å². The van der Waals surface area contributed by atoms with E-state index in [1.807, 2.05) is 0 Å². The Labute approximate surface area is 198 Å². The maximum atomic E-state index is 12.7. The number of carbonyl (C=O) groups is 2. The molecule has 0 spiro atoms. The molecular weight excluding hydrogens is 458 g/mol. The summed E-state index contributed by atoms with van der Waals surface area (Å²) in [5.41, 5.74) is 1.60. The van der Waals surface area contributed by atoms with E-state index in [0.29, 0.717) is 22.7 Å². The molecule has 0 radical (unpaired) electrons. The van der Waals surface area contributed by atoms with E-state index in [-0.39, 0.29) is 22.1 Å². The normalized spacial score (nSPS) is 11.1. The van der Waals surface area contributed by atoms with Crippen molar-refractivity contribution in [3.05, 3.63) is 77.9 Å². The molecule has 0 aliphatic heterocycles. The number of benzene rings is 3. The summed E-state index contributed by atoms with van der Waals surface area (Å²) in [7, 11) is 1.90. The highest BCUT2D eigenvalue weighted by atomic mass is 32.2. The first-order valence-electron chi connectivity index (χ1n) is 10.1. The molecule has 3 rings (SSSR count). The number of anilines is 2. The first kappa shape index (κ1) is 24.7. The highest BCUT2D eigenvalue weighted by Gasteiger charge is 2.24. The zero-order valence-electron chi connectivity index (χ0n) is 19.2. The van der Waals surface area contributed by atoms with Gasteiger partial charge in [0.05, 0.1) is 14.2 Å². The van der Waals surface area contributed by atoms with Gasteiger partial charge in [0.15, 0.2) is 0 Å². The molecule has 0 atom stereocenters. The van der Waals surface area contributed by atoms with E-state index in [1.165, 1.54) is 39.4 Å². The number of amides is 2. The van der Waals surface area contributed by atoms with Crippen LogP contribution in [0.4, 0.5) is 11.4 Å². The van der Waals surface area contributed by atoms with Gasteiger partial charge in [0.2, 0.25) is 10.0 Å². The largest absolute Gasteiger partial charge is 0.497 e. The molecule has 0 bridgehead atoms. The van der Waals surface area contributed by atoms with Gasteiger partial charge in [-0.05, 0) is 66.7 Å². The summed E-state index contributed by atoms with van der Waals surface area (Å²) in [4.78, 5) is 25.1. The van der Waals surface area contributed by atoms with Crippen molar-refractivity contribution in [2.24, 2.45) is 0 Å². The molecule has 0 saturated carbocycles. The Bertz CT molecular complexity index is 1290. The summed E-state index contributed by atoms with van der Waals surface area (Å²) < 4.78 is 36.4. The minimum absolute atomic E-state index is 0.113. The van der Waals surface area contributed by atoms with Crippen LogP contribution in [0.3, 0.4) is 0 Å². The van der Waals surface area contributed by atoms with Crippen LogP contribution in [0.25, 0.3) is 0 Å². The van der Waals surface area contributed by atoms with E-state index in [0.717, 1.165) is 4.31 Å². The maximum Gasteiger partial charge on any atom is 0.255 e. The molecule has 9 nitrogen and oxygen atoms in total. The Balaban J connectivity index is 1.72. The molecule has 178 valence electrons. The highest BCUT2D eigenvalue weighted by molar-refractivity contribution is 7.89. The van der Waals surface area contributed by atoms with Crippen molar-refractivity contribution in [3.8, 4) is 11.5 Å². The van der Waals surface area contributed by atoms with Crippen LogP contribution in [0.2, 0.25) is 0 Å². The third kappa shape index (κ3) is 5.53. The fourth-order valence-electron chi connectivity index (χ4n) is 3.00. The minimum atomic E-state index is -3.82. The van der Waals surface area contributed by atoms with Crippen LogP contribution in [0.5, 0.6) is 11.5 Å². The number of methoxy groups -OCH3 is 2. The van der Waals surface area contributed by atoms with Crippen LogP contribution < -0.4 is 20.1 Å². The van der Waals surface area contributed by atoms with Crippen LogP contribution in [0.15, 0.2) is 71.6 Å². The summed E-state index contributed by atoms with van der Waals surface area (Å²) in [6.07, 6.45) is 0. The van der Waals surface area contributed by atoms with Crippen molar-refractivity contribution in [1.82, 2.24) is 4.31 Å². The number of ether oxygens (including phenoxy) is 2. The molecule has 0 fully saturated rings. The van der Waals surface area contributed by atoms with Crippen molar-refractivity contribution < 1.29 is 27.5 Å². The summed E-state index contributed by atoms with van der Waals surface area (Å²) in [6, 6.07) is 17.4. The van der Waals surface area contributed by atoms with Crippen LogP contribution >= 0.6 is 0 Å². The van der Waals surface area contributed by atoms with Crippen molar-refractivity contribution in [2.75, 3.05) is 38.9 Å². The molecule has 3 aromatic carbocycles. The van der Waals surface area contributed by atoms with Gasteiger partial charge >= 0.3 is 0 Å². The molecule has 2 amide bonds. The Hall–Kier alpha value is -3.89. The zero-order valence-corrected chi connectivity index (χ0v) is 20.0. The van der Waals surface area contributed by atoms with Gasteiger partial charge in [-0.15, -0.1) is 0 Å². The van der Waals surface area contributed by atoms with Crippen molar-refractivity contribution >= 4 is 33.2 Å². The summed E-state index contributed by atoms with van der Waals surface area (Å²) in [5, 5.41) is 5.48. The van der Waals surface area contributed by atoms with Crippen molar-refractivity contribution in [3.63, 3.8) is 0 Å². The monoisotopic (exact) mass is 483 g/mol. The lowest BCUT2D eigenvalue weighted by atomic mass is 10.1. The SMILES string of the molecule is COc1ccc(NC(=O)c2ccc(NC(=O)c3ccc(OC)c(S(=O)(=O)N(C)C)c3)cc2)cc1. The van der Waals surface area contributed by atoms with Gasteiger partial charge in [-0.3, -0.25) is 9.59 Å². The molecule has 0 aliphatic carbocycles. The van der Waals surface area contributed by atoms with Crippen LogP contribution in [-0.2, 0) is 10.0 Å². The number of nitrogens with zero attached hydrogens (tertiary/aromatic N) is 1. The number of nitrogens with one attached hydrogen (secondary N) is 2. The average Bonchev–Trinajstić information content (AvgIpc) is 2.84. The van der Waals surface area contributed by atoms with Gasteiger partial charge in [-0.1, -0.05) is 0 Å². The van der Waals surface area contributed by atoms with Gasteiger partial charge in [0.25, 0.3) is 11.8 Å². The predicted molar refractivity (Wildman–Crippen MR) is 129 cm³/mol. The smallest absolute Gasteiger partial charge is 0.255 e. The van der Waals surface area contributed by atoms with Crippen LogP contribution in [0.1, 0.15) is 20.7 Å². The Kier molecular flexibility index (Phi) is 7.54. The van der Waals surface area contributed by atoms with E-state index in [1.54, 1.807) is 55.6 Å². The molecule has 0 saturated heterocycles. The lowest BCUT2D eigenvalue weighted by Gasteiger charge is -2.15. The maximum absolute atomic E-state index is 12.7. The average molecular weight is 484 g/mol. The number of hydrogen-bond donors (Lipinski definition) is 2. The molecule has 0 heterocycles. The zero-order chi connectivity index (χ0) is 24.9. The summed E-state index contributed by atoms with van der Waals surface area (Å²) in [5.74, 6) is 0.00360. The first-order chi connectivity index (χ1) is 16.1. The van der Waals surface area contributed by atoms with Gasteiger partial charge in [-0.25, -0.2) is 12.7 Å². The second kappa shape index (κ2) is 10.4. The Morgan fingerprint density at radius 1 is 0.735 bits per heavy atom. The highest BCUT2D eigenvalue weighted by Crippen LogP contribution is 2.27. The quantitative estimate of drug-likeness (QED) is 0.507. The Morgan fingerprint density at radius 3 is 1.74 bits per heavy atom. The van der Waals surface area contributed by atoms with Crippen molar-refractivity contribution in [2.45, 2.75) is 4.90 Å². The number of hydrogen-bond acceptors (Lipinski definition) is 6. The fraction of sp³-hybridized carbons (Fsp3) is 0.167. The van der Waals surface area contributed by atoms with E-state index in [2.05, 4.69) is 10.6 Å². The molecular formula is C24H25N3O6S. The lowest BCUT2D eigenvalue weighted by Crippen LogP contribution is -2.23. The van der Waals surface area contributed by atoms with E-state index < -0.39 is 15.9 Å². The van der Waals surface area contributed by atoms with Gasteiger partial charge in [-0.2, -0.15) is 0 Å². The molecule has 3 aromatic rings. The molecule has 0 aliphatic rings. The lowest BCUT2D eigenvalue weighted by molar-refractivity contribution is 0.101. The van der Waals surface area contributed by atoms with Crippen LogP contribution in [-0.4, -0.2) is 52.9 Å². The molecule has 0 unspecified atom stereocenters. The summed E-state index contributed by atoms with van der Waals surface area (Å²) >= 11 is 0. The summed E-state index contributed by atoms with van der Waals surface area (Å²) in [6.45, 7) is 0. The molecule has 0 aromatic heterocycles. The standard InChI is InChI=1S/C24H25N3O6S/c1-27(2)34(30,31)22-15-17(7-14-21(22)33-4)24(29)26-18-8-5-16(6-9-18)23(28)25-19-10-12-20(32-3)13-11-19/h5-15H,1-4H3,(H,25,28)(H,26,29). The van der Waals surface area contributed by atoms with Crippen LogP contribution in [0, 0.1) is 0 Å². The van der Waals surface area contributed by atoms with Gasteiger partial charge < -0.3 is 20.1 Å². The van der Waals surface area contributed by atoms with E-state index >= 15 is 0 Å².